The molecule has 3 aromatic carbocycles. The minimum atomic E-state index is -0.750. The molecule has 0 aliphatic heterocycles. The van der Waals surface area contributed by atoms with Crippen LogP contribution in [0.5, 0.6) is 5.75 Å². The molecule has 3 rings (SSSR count). The van der Waals surface area contributed by atoms with Crippen LogP contribution in [0.1, 0.15) is 17.2 Å². The predicted octanol–water partition coefficient (Wildman–Crippen LogP) is 3.38. The van der Waals surface area contributed by atoms with Gasteiger partial charge in [0, 0.05) is 12.7 Å². The second-order valence-electron chi connectivity index (χ2n) is 5.48. The highest BCUT2D eigenvalue weighted by Crippen LogP contribution is 2.25. The second kappa shape index (κ2) is 7.59. The molecular weight excluding hydrogens is 316 g/mol. The van der Waals surface area contributed by atoms with Crippen LogP contribution in [0.2, 0.25) is 0 Å². The highest BCUT2D eigenvalue weighted by molar-refractivity contribution is 6.02. The fourth-order valence-electron chi connectivity index (χ4n) is 2.66. The molecule has 0 aliphatic rings. The number of ether oxygens (including phenoxy) is 1. The Hall–Kier alpha value is -3.18. The molecule has 0 bridgehead atoms. The van der Waals surface area contributed by atoms with E-state index in [1.165, 1.54) is 13.3 Å². The highest BCUT2D eigenvalue weighted by atomic mass is 16.5. The van der Waals surface area contributed by atoms with Crippen LogP contribution < -0.4 is 5.43 Å². The first kappa shape index (κ1) is 16.7. The number of carbonyl (C=O) groups is 1. The summed E-state index contributed by atoms with van der Waals surface area (Å²) in [6.07, 6.45) is 0.687. The molecule has 1 amide bonds. The number of aromatic hydroxyl groups is 1. The number of hydrogen-bond acceptors (Lipinski definition) is 4. The summed E-state index contributed by atoms with van der Waals surface area (Å²) in [6, 6.07) is 20.3. The van der Waals surface area contributed by atoms with Gasteiger partial charge in [-0.3, -0.25) is 4.79 Å². The van der Waals surface area contributed by atoms with Crippen molar-refractivity contribution in [2.75, 3.05) is 7.11 Å². The molecule has 0 saturated heterocycles. The largest absolute Gasteiger partial charge is 0.507 e. The first-order chi connectivity index (χ1) is 12.2. The van der Waals surface area contributed by atoms with Gasteiger partial charge in [-0.05, 0) is 22.4 Å². The number of nitrogens with one attached hydrogen (secondary N) is 1. The van der Waals surface area contributed by atoms with Gasteiger partial charge in [0.2, 0.25) is 0 Å². The number of rotatable bonds is 5. The van der Waals surface area contributed by atoms with Gasteiger partial charge < -0.3 is 9.84 Å². The summed E-state index contributed by atoms with van der Waals surface area (Å²) in [6.45, 7) is 0. The number of carbonyl (C=O) groups excluding carboxylic acids is 1. The van der Waals surface area contributed by atoms with Crippen LogP contribution >= 0.6 is 0 Å². The molecule has 25 heavy (non-hydrogen) atoms. The summed E-state index contributed by atoms with van der Waals surface area (Å²) in [5, 5.41) is 15.9. The number of nitrogens with zero attached hydrogens (tertiary/aromatic N) is 1. The Kier molecular flexibility index (Phi) is 5.06. The minimum Gasteiger partial charge on any atom is -0.507 e. The zero-order valence-corrected chi connectivity index (χ0v) is 13.7. The van der Waals surface area contributed by atoms with E-state index in [1.54, 1.807) is 6.07 Å². The van der Waals surface area contributed by atoms with E-state index in [-0.39, 0.29) is 11.7 Å². The number of hydrazone groups is 1. The first-order valence-electron chi connectivity index (χ1n) is 7.82. The van der Waals surface area contributed by atoms with Crippen LogP contribution in [0.15, 0.2) is 71.8 Å². The average Bonchev–Trinajstić information content (AvgIpc) is 2.65. The fourth-order valence-corrected chi connectivity index (χ4v) is 2.66. The number of phenols is 1. The molecule has 5 heteroatoms. The molecule has 0 aromatic heterocycles. The number of methoxy groups -OCH3 is 1. The molecule has 1 atom stereocenters. The van der Waals surface area contributed by atoms with E-state index in [4.69, 9.17) is 4.74 Å². The fraction of sp³-hybridized carbons (Fsp3) is 0.100. The summed E-state index contributed by atoms with van der Waals surface area (Å²) in [5.41, 5.74) is 3.76. The van der Waals surface area contributed by atoms with Crippen LogP contribution in [-0.2, 0) is 9.53 Å². The summed E-state index contributed by atoms with van der Waals surface area (Å²) >= 11 is 0. The summed E-state index contributed by atoms with van der Waals surface area (Å²) < 4.78 is 5.26. The second-order valence-corrected chi connectivity index (χ2v) is 5.48. The third-order valence-corrected chi connectivity index (χ3v) is 3.89. The number of phenolic OH excluding ortho intramolecular Hbond substituents is 1. The normalized spacial score (nSPS) is 12.4. The molecule has 0 unspecified atom stereocenters. The molecule has 0 spiro atoms. The van der Waals surface area contributed by atoms with Crippen molar-refractivity contribution < 1.29 is 14.6 Å². The predicted molar refractivity (Wildman–Crippen MR) is 97.5 cm³/mol. The lowest BCUT2D eigenvalue weighted by Gasteiger charge is -2.13. The van der Waals surface area contributed by atoms with Crippen LogP contribution in [-0.4, -0.2) is 24.3 Å². The van der Waals surface area contributed by atoms with Crippen LogP contribution in [0, 0.1) is 0 Å². The lowest BCUT2D eigenvalue weighted by Crippen LogP contribution is -2.26. The third-order valence-electron chi connectivity index (χ3n) is 3.89. The topological polar surface area (TPSA) is 70.9 Å². The maximum Gasteiger partial charge on any atom is 0.273 e. The number of fused-ring (bicyclic) bond motifs is 1. The Labute approximate surface area is 145 Å². The molecule has 3 aromatic rings. The van der Waals surface area contributed by atoms with Crippen LogP contribution in [0.4, 0.5) is 0 Å². The van der Waals surface area contributed by atoms with Crippen molar-refractivity contribution in [2.24, 2.45) is 5.10 Å². The van der Waals surface area contributed by atoms with Gasteiger partial charge in [-0.2, -0.15) is 5.10 Å². The molecular formula is C20H18N2O3. The molecule has 0 radical (unpaired) electrons. The van der Waals surface area contributed by atoms with Crippen LogP contribution in [0.3, 0.4) is 0 Å². The Morgan fingerprint density at radius 3 is 2.56 bits per heavy atom. The molecule has 5 nitrogen and oxygen atoms in total. The molecule has 126 valence electrons. The Morgan fingerprint density at radius 2 is 1.80 bits per heavy atom. The molecule has 2 N–H and O–H groups in total. The Balaban J connectivity index is 1.79. The summed E-state index contributed by atoms with van der Waals surface area (Å²) in [4.78, 5) is 12.3. The van der Waals surface area contributed by atoms with Gasteiger partial charge in [-0.15, -0.1) is 0 Å². The summed E-state index contributed by atoms with van der Waals surface area (Å²) in [7, 11) is 1.47. The van der Waals surface area contributed by atoms with Crippen molar-refractivity contribution in [3.63, 3.8) is 0 Å². The highest BCUT2D eigenvalue weighted by Gasteiger charge is 2.19. The van der Waals surface area contributed by atoms with Crippen LogP contribution in [0.25, 0.3) is 10.8 Å². The van der Waals surface area contributed by atoms with Gasteiger partial charge in [0.15, 0.2) is 6.10 Å². The number of amides is 1. The van der Waals surface area contributed by atoms with Gasteiger partial charge in [0.1, 0.15) is 5.75 Å². The first-order valence-corrected chi connectivity index (χ1v) is 7.82. The average molecular weight is 334 g/mol. The monoisotopic (exact) mass is 334 g/mol. The Bertz CT molecular complexity index is 907. The molecule has 0 fully saturated rings. The third kappa shape index (κ3) is 3.67. The smallest absolute Gasteiger partial charge is 0.273 e. The van der Waals surface area contributed by atoms with Crippen molar-refractivity contribution in [3.8, 4) is 5.75 Å². The number of hydrogen-bond donors (Lipinski definition) is 2. The van der Waals surface area contributed by atoms with E-state index in [0.29, 0.717) is 5.56 Å². The van der Waals surface area contributed by atoms with Crippen molar-refractivity contribution in [1.82, 2.24) is 5.43 Å². The lowest BCUT2D eigenvalue weighted by atomic mass is 10.0. The van der Waals surface area contributed by atoms with Gasteiger partial charge in [-0.1, -0.05) is 60.7 Å². The molecule has 0 aliphatic carbocycles. The summed E-state index contributed by atoms with van der Waals surface area (Å²) in [5.74, 6) is -0.285. The Morgan fingerprint density at radius 1 is 1.08 bits per heavy atom. The standard InChI is InChI=1S/C20H18N2O3/c1-25-19(15-8-3-2-4-9-15)20(24)22-21-13-17-16-10-6-5-7-14(16)11-12-18(17)23/h2-13,19,23H,1H3,(H,22,24)/b21-13-/t19-/m1/s1. The maximum absolute atomic E-state index is 12.3. The van der Waals surface area contributed by atoms with E-state index in [9.17, 15) is 9.90 Å². The molecule has 0 heterocycles. The minimum absolute atomic E-state index is 0.100. The van der Waals surface area contributed by atoms with Gasteiger partial charge in [0.25, 0.3) is 5.91 Å². The zero-order valence-electron chi connectivity index (χ0n) is 13.7. The number of benzene rings is 3. The van der Waals surface area contributed by atoms with E-state index >= 15 is 0 Å². The SMILES string of the molecule is CO[C@@H](C(=O)N/N=C\c1c(O)ccc2ccccc12)c1ccccc1. The van der Waals surface area contributed by atoms with E-state index in [1.807, 2.05) is 60.7 Å². The zero-order chi connectivity index (χ0) is 17.6. The van der Waals surface area contributed by atoms with Crippen molar-refractivity contribution in [1.29, 1.82) is 0 Å². The maximum atomic E-state index is 12.3. The van der Waals surface area contributed by atoms with Gasteiger partial charge in [-0.25, -0.2) is 5.43 Å². The van der Waals surface area contributed by atoms with E-state index in [2.05, 4.69) is 10.5 Å². The van der Waals surface area contributed by atoms with Gasteiger partial charge in [0.05, 0.1) is 6.21 Å². The van der Waals surface area contributed by atoms with Gasteiger partial charge >= 0.3 is 0 Å². The molecule has 0 saturated carbocycles. The quantitative estimate of drug-likeness (QED) is 0.555. The van der Waals surface area contributed by atoms with Crippen molar-refractivity contribution in [3.05, 3.63) is 77.9 Å². The van der Waals surface area contributed by atoms with E-state index < -0.39 is 6.10 Å². The lowest BCUT2D eigenvalue weighted by molar-refractivity contribution is -0.131. The van der Waals surface area contributed by atoms with Crippen molar-refractivity contribution in [2.45, 2.75) is 6.10 Å². The van der Waals surface area contributed by atoms with Crippen molar-refractivity contribution >= 4 is 22.9 Å². The van der Waals surface area contributed by atoms with E-state index in [0.717, 1.165) is 16.3 Å².